The van der Waals surface area contributed by atoms with E-state index in [-0.39, 0.29) is 5.69 Å². The van der Waals surface area contributed by atoms with Gasteiger partial charge in [0.1, 0.15) is 11.4 Å². The Morgan fingerprint density at radius 2 is 2.10 bits per heavy atom. The van der Waals surface area contributed by atoms with Crippen LogP contribution in [-0.4, -0.2) is 11.5 Å². The third-order valence-electron chi connectivity index (χ3n) is 2.85. The molecule has 0 unspecified atom stereocenters. The summed E-state index contributed by atoms with van der Waals surface area (Å²) in [5, 5.41) is 14.1. The maximum atomic E-state index is 11.0. The topological polar surface area (TPSA) is 64.4 Å². The van der Waals surface area contributed by atoms with Gasteiger partial charge in [0.2, 0.25) is 0 Å². The molecule has 2 aromatic rings. The van der Waals surface area contributed by atoms with Crippen LogP contribution < -0.4 is 10.1 Å². The SMILES string of the molecule is CCOc1cccc(CNc2ccc(Br)cc2[N+](=O)[O-])c1. The van der Waals surface area contributed by atoms with Crippen LogP contribution in [0.2, 0.25) is 0 Å². The summed E-state index contributed by atoms with van der Waals surface area (Å²) in [5.74, 6) is 0.794. The van der Waals surface area contributed by atoms with E-state index < -0.39 is 4.92 Å². The molecule has 110 valence electrons. The number of hydrogen-bond donors (Lipinski definition) is 1. The lowest BCUT2D eigenvalue weighted by Crippen LogP contribution is -2.03. The molecule has 0 aliphatic rings. The minimum Gasteiger partial charge on any atom is -0.494 e. The van der Waals surface area contributed by atoms with E-state index in [2.05, 4.69) is 21.2 Å². The van der Waals surface area contributed by atoms with E-state index in [4.69, 9.17) is 4.74 Å². The van der Waals surface area contributed by atoms with Gasteiger partial charge in [0.25, 0.3) is 5.69 Å². The van der Waals surface area contributed by atoms with Crippen LogP contribution in [0.15, 0.2) is 46.9 Å². The van der Waals surface area contributed by atoms with Gasteiger partial charge < -0.3 is 10.1 Å². The van der Waals surface area contributed by atoms with Gasteiger partial charge in [-0.25, -0.2) is 0 Å². The number of anilines is 1. The highest BCUT2D eigenvalue weighted by Crippen LogP contribution is 2.28. The van der Waals surface area contributed by atoms with E-state index in [0.717, 1.165) is 11.3 Å². The Labute approximate surface area is 131 Å². The second-order valence-corrected chi connectivity index (χ2v) is 5.27. The summed E-state index contributed by atoms with van der Waals surface area (Å²) in [6, 6.07) is 12.6. The van der Waals surface area contributed by atoms with Crippen LogP contribution in [0.25, 0.3) is 0 Å². The van der Waals surface area contributed by atoms with Crippen LogP contribution in [0.5, 0.6) is 5.75 Å². The van der Waals surface area contributed by atoms with Crippen LogP contribution in [0.3, 0.4) is 0 Å². The third kappa shape index (κ3) is 4.19. The first-order valence-corrected chi connectivity index (χ1v) is 7.29. The normalized spacial score (nSPS) is 10.2. The zero-order valence-corrected chi connectivity index (χ0v) is 13.1. The van der Waals surface area contributed by atoms with E-state index in [1.54, 1.807) is 12.1 Å². The van der Waals surface area contributed by atoms with Crippen LogP contribution in [-0.2, 0) is 6.54 Å². The minimum absolute atomic E-state index is 0.0466. The van der Waals surface area contributed by atoms with Crippen molar-refractivity contribution in [1.82, 2.24) is 0 Å². The molecule has 2 aromatic carbocycles. The molecular weight excluding hydrogens is 336 g/mol. The Hall–Kier alpha value is -2.08. The lowest BCUT2D eigenvalue weighted by Gasteiger charge is -2.09. The summed E-state index contributed by atoms with van der Waals surface area (Å²) in [5.41, 5.74) is 1.54. The molecule has 0 heterocycles. The lowest BCUT2D eigenvalue weighted by atomic mass is 10.2. The molecule has 2 rings (SSSR count). The maximum Gasteiger partial charge on any atom is 0.293 e. The number of ether oxygens (including phenoxy) is 1. The van der Waals surface area contributed by atoms with Gasteiger partial charge in [-0.2, -0.15) is 0 Å². The average Bonchev–Trinajstić information content (AvgIpc) is 2.46. The molecule has 0 saturated carbocycles. The summed E-state index contributed by atoms with van der Waals surface area (Å²) in [7, 11) is 0. The van der Waals surface area contributed by atoms with Gasteiger partial charge in [-0.05, 0) is 36.8 Å². The molecule has 0 atom stereocenters. The monoisotopic (exact) mass is 350 g/mol. The molecule has 0 aliphatic heterocycles. The van der Waals surface area contributed by atoms with Crippen molar-refractivity contribution < 1.29 is 9.66 Å². The van der Waals surface area contributed by atoms with Gasteiger partial charge >= 0.3 is 0 Å². The van der Waals surface area contributed by atoms with E-state index in [1.807, 2.05) is 31.2 Å². The number of nitro benzene ring substituents is 1. The van der Waals surface area contributed by atoms with Crippen molar-refractivity contribution in [2.75, 3.05) is 11.9 Å². The number of hydrogen-bond acceptors (Lipinski definition) is 4. The highest BCUT2D eigenvalue weighted by atomic mass is 79.9. The van der Waals surface area contributed by atoms with Crippen LogP contribution in [0.1, 0.15) is 12.5 Å². The van der Waals surface area contributed by atoms with Crippen LogP contribution >= 0.6 is 15.9 Å². The summed E-state index contributed by atoms with van der Waals surface area (Å²) in [6.07, 6.45) is 0. The number of nitro groups is 1. The molecule has 0 aromatic heterocycles. The molecule has 21 heavy (non-hydrogen) atoms. The van der Waals surface area contributed by atoms with Crippen molar-refractivity contribution >= 4 is 27.3 Å². The Balaban J connectivity index is 2.13. The Morgan fingerprint density at radius 1 is 1.29 bits per heavy atom. The molecule has 5 nitrogen and oxygen atoms in total. The van der Waals surface area contributed by atoms with Gasteiger partial charge in [-0.1, -0.05) is 28.1 Å². The number of nitrogens with zero attached hydrogens (tertiary/aromatic N) is 1. The highest BCUT2D eigenvalue weighted by molar-refractivity contribution is 9.10. The molecule has 0 spiro atoms. The number of halogens is 1. The molecular formula is C15H15BrN2O3. The molecule has 0 radical (unpaired) electrons. The predicted octanol–water partition coefficient (Wildman–Crippen LogP) is 4.37. The van der Waals surface area contributed by atoms with Crippen molar-refractivity contribution in [1.29, 1.82) is 0 Å². The average molecular weight is 351 g/mol. The predicted molar refractivity (Wildman–Crippen MR) is 85.7 cm³/mol. The quantitative estimate of drug-likeness (QED) is 0.620. The Morgan fingerprint density at radius 3 is 2.81 bits per heavy atom. The maximum absolute atomic E-state index is 11.0. The van der Waals surface area contributed by atoms with Crippen molar-refractivity contribution in [3.63, 3.8) is 0 Å². The molecule has 0 saturated heterocycles. The van der Waals surface area contributed by atoms with Gasteiger partial charge in [0, 0.05) is 17.1 Å². The highest BCUT2D eigenvalue weighted by Gasteiger charge is 2.13. The van der Waals surface area contributed by atoms with E-state index in [9.17, 15) is 10.1 Å². The van der Waals surface area contributed by atoms with Gasteiger partial charge in [0.05, 0.1) is 11.5 Å². The fourth-order valence-corrected chi connectivity index (χ4v) is 2.26. The summed E-state index contributed by atoms with van der Waals surface area (Å²) >= 11 is 3.24. The van der Waals surface area contributed by atoms with E-state index in [1.165, 1.54) is 6.07 Å². The number of benzene rings is 2. The smallest absolute Gasteiger partial charge is 0.293 e. The fourth-order valence-electron chi connectivity index (χ4n) is 1.91. The van der Waals surface area contributed by atoms with Gasteiger partial charge in [0.15, 0.2) is 0 Å². The fraction of sp³-hybridized carbons (Fsp3) is 0.200. The second-order valence-electron chi connectivity index (χ2n) is 4.35. The first-order chi connectivity index (χ1) is 10.1. The Bertz CT molecular complexity index is 647. The zero-order valence-electron chi connectivity index (χ0n) is 11.5. The second kappa shape index (κ2) is 7.08. The largest absolute Gasteiger partial charge is 0.494 e. The third-order valence-corrected chi connectivity index (χ3v) is 3.34. The van der Waals surface area contributed by atoms with Crippen molar-refractivity contribution in [2.24, 2.45) is 0 Å². The molecule has 0 bridgehead atoms. The van der Waals surface area contributed by atoms with Gasteiger partial charge in [-0.15, -0.1) is 0 Å². The summed E-state index contributed by atoms with van der Waals surface area (Å²) in [4.78, 5) is 10.7. The Kier molecular flexibility index (Phi) is 5.16. The van der Waals surface area contributed by atoms with Crippen LogP contribution in [0, 0.1) is 10.1 Å². The first kappa shape index (κ1) is 15.3. The molecule has 0 fully saturated rings. The van der Waals surface area contributed by atoms with Crippen LogP contribution in [0.4, 0.5) is 11.4 Å². The lowest BCUT2D eigenvalue weighted by molar-refractivity contribution is -0.384. The molecule has 6 heteroatoms. The molecule has 1 N–H and O–H groups in total. The summed E-state index contributed by atoms with van der Waals surface area (Å²) in [6.45, 7) is 3.02. The zero-order chi connectivity index (χ0) is 15.2. The van der Waals surface area contributed by atoms with E-state index in [0.29, 0.717) is 23.3 Å². The summed E-state index contributed by atoms with van der Waals surface area (Å²) < 4.78 is 6.11. The van der Waals surface area contributed by atoms with E-state index >= 15 is 0 Å². The standard InChI is InChI=1S/C15H15BrN2O3/c1-2-21-13-5-3-4-11(8-13)10-17-14-7-6-12(16)9-15(14)18(19)20/h3-9,17H,2,10H2,1H3. The van der Waals surface area contributed by atoms with Crippen molar-refractivity contribution in [3.05, 3.63) is 62.6 Å². The first-order valence-electron chi connectivity index (χ1n) is 6.49. The number of rotatable bonds is 6. The minimum atomic E-state index is -0.399. The number of nitrogens with one attached hydrogen (secondary N) is 1. The van der Waals surface area contributed by atoms with Gasteiger partial charge in [-0.3, -0.25) is 10.1 Å². The van der Waals surface area contributed by atoms with Crippen molar-refractivity contribution in [2.45, 2.75) is 13.5 Å². The van der Waals surface area contributed by atoms with Crippen molar-refractivity contribution in [3.8, 4) is 5.75 Å². The molecule has 0 amide bonds. The molecule has 0 aliphatic carbocycles.